The van der Waals surface area contributed by atoms with Gasteiger partial charge in [0.2, 0.25) is 5.66 Å². The van der Waals surface area contributed by atoms with Gasteiger partial charge in [0, 0.05) is 9.14 Å². The number of aliphatic hydroxyl groups excluding tert-OH is 1. The van der Waals surface area contributed by atoms with Crippen LogP contribution in [0.3, 0.4) is 0 Å². The molecule has 250 valence electrons. The van der Waals surface area contributed by atoms with Crippen LogP contribution in [0.2, 0.25) is 0 Å². The van der Waals surface area contributed by atoms with Crippen LogP contribution in [0.1, 0.15) is 122 Å². The van der Waals surface area contributed by atoms with Crippen molar-refractivity contribution < 1.29 is 28.8 Å². The molecule has 0 spiro atoms. The van der Waals surface area contributed by atoms with E-state index in [1.165, 1.54) is 42.1 Å². The molecule has 9 heteroatoms. The summed E-state index contributed by atoms with van der Waals surface area (Å²) in [6.45, 7) is 2.62. The molecule has 0 bridgehead atoms. The third-order valence-electron chi connectivity index (χ3n) is 9.81. The normalized spacial score (nSPS) is 27.5. The molecule has 2 fully saturated rings. The number of nitrogens with zero attached hydrogens (tertiary/aromatic N) is 2. The Hall–Kier alpha value is -1.56. The van der Waals surface area contributed by atoms with Crippen LogP contribution < -0.4 is 4.74 Å². The maximum atomic E-state index is 11.7. The van der Waals surface area contributed by atoms with Gasteiger partial charge in [-0.05, 0) is 130 Å². The van der Waals surface area contributed by atoms with Crippen LogP contribution in [0.4, 0.5) is 0 Å². The average molecular weight is 735 g/mol. The summed E-state index contributed by atoms with van der Waals surface area (Å²) in [6.07, 6.45) is 20.7. The highest BCUT2D eigenvalue weighted by Crippen LogP contribution is 2.45. The van der Waals surface area contributed by atoms with E-state index in [4.69, 9.17) is 18.9 Å². The molecule has 0 unspecified atom stereocenters. The molecule has 1 N–H and O–H groups in total. The summed E-state index contributed by atoms with van der Waals surface area (Å²) in [6, 6.07) is 8.13. The second-order valence-electron chi connectivity index (χ2n) is 13.5. The highest BCUT2D eigenvalue weighted by molar-refractivity contribution is 14.1. The van der Waals surface area contributed by atoms with E-state index in [0.717, 1.165) is 88.4 Å². The maximum absolute atomic E-state index is 11.7. The van der Waals surface area contributed by atoms with Crippen molar-refractivity contribution in [2.24, 2.45) is 10.2 Å². The van der Waals surface area contributed by atoms with Crippen LogP contribution in [0, 0.1) is 3.57 Å². The van der Waals surface area contributed by atoms with Crippen molar-refractivity contribution in [3.63, 3.8) is 0 Å². The highest BCUT2D eigenvalue weighted by atomic mass is 125. The van der Waals surface area contributed by atoms with E-state index >= 15 is 0 Å². The topological polar surface area (TPSA) is 98.9 Å². The minimum Gasteiger partial charge on any atom is -0.494 e. The van der Waals surface area contributed by atoms with Gasteiger partial charge in [-0.25, -0.2) is 4.79 Å². The third kappa shape index (κ3) is 10.7. The van der Waals surface area contributed by atoms with E-state index in [-0.39, 0.29) is 42.2 Å². The molecule has 2 saturated heterocycles. The molecule has 4 heterocycles. The number of benzene rings is 1. The van der Waals surface area contributed by atoms with Crippen molar-refractivity contribution in [2.75, 3.05) is 6.61 Å². The van der Waals surface area contributed by atoms with Crippen LogP contribution >= 0.6 is 22.6 Å². The molecule has 5 rings (SSSR count). The van der Waals surface area contributed by atoms with Gasteiger partial charge in [0.15, 0.2) is 0 Å². The summed E-state index contributed by atoms with van der Waals surface area (Å²) in [5.74, 6) is 0.794. The number of rotatable bonds is 21. The Bertz CT molecular complexity index is 1120. The zero-order valence-corrected chi connectivity index (χ0v) is 29.2. The number of unbranched alkanes of at least 4 members (excludes halogenated alkanes) is 9. The molecule has 45 heavy (non-hydrogen) atoms. The first-order valence-electron chi connectivity index (χ1n) is 17.6. The summed E-state index contributed by atoms with van der Waals surface area (Å²) in [5, 5.41) is 19.7. The Labute approximate surface area is 283 Å². The molecule has 0 radical (unpaired) electrons. The summed E-state index contributed by atoms with van der Waals surface area (Å²) >= 11 is 2.30. The quantitative estimate of drug-likeness (QED) is 0.0772. The lowest BCUT2D eigenvalue weighted by Gasteiger charge is -2.24. The van der Waals surface area contributed by atoms with E-state index in [0.29, 0.717) is 6.61 Å². The van der Waals surface area contributed by atoms with E-state index in [9.17, 15) is 9.90 Å². The fourth-order valence-electron chi connectivity index (χ4n) is 7.09. The van der Waals surface area contributed by atoms with Crippen LogP contribution in [0.15, 0.2) is 46.1 Å². The smallest absolute Gasteiger partial charge is 0.334 e. The van der Waals surface area contributed by atoms with Gasteiger partial charge in [-0.2, -0.15) is 10.2 Å². The molecule has 4 aliphatic rings. The van der Waals surface area contributed by atoms with E-state index in [2.05, 4.69) is 45.0 Å². The number of hydrogen-bond acceptors (Lipinski definition) is 8. The minimum atomic E-state index is -0.414. The van der Waals surface area contributed by atoms with Crippen molar-refractivity contribution in [1.29, 1.82) is 0 Å². The lowest BCUT2D eigenvalue weighted by molar-refractivity contribution is -0.139. The zero-order chi connectivity index (χ0) is 31.5. The maximum Gasteiger partial charge on any atom is 0.334 e. The Kier molecular flexibility index (Phi) is 13.6. The van der Waals surface area contributed by atoms with Gasteiger partial charge in [0.1, 0.15) is 18.0 Å². The SMILES string of the molecule is C[C@H]1C=C(CCCCCCCCCCC2([C@H]3CC[C@H]([C@H]4CC[C@H]([C@H](O)CCCCCOc5ccc([125I])cc5)O4)O3)N=N2)C(=O)O1. The standard InChI is InChI=1S/C36H53IN2O6/c1-26-25-27(35(41)43-26)13-9-6-4-2-3-5-7-11-23-36(38-39-36)34-22-21-33(45-34)32-20-19-31(44-32)30(40)14-10-8-12-24-42-29-17-15-28(37)16-18-29/h15-18,25-26,30-34,40H,2-14,19-24H2,1H3/t26-,30+,31+,32+,33+,34+/m0/s1/i37-2. The number of carbonyl (C=O) groups is 1. The number of cyclic esters (lactones) is 1. The Balaban J connectivity index is 0.867. The summed E-state index contributed by atoms with van der Waals surface area (Å²) < 4.78 is 25.0. The third-order valence-corrected chi connectivity index (χ3v) is 10.5. The number of ether oxygens (including phenoxy) is 4. The van der Waals surface area contributed by atoms with Crippen LogP contribution in [-0.4, -0.2) is 60.0 Å². The van der Waals surface area contributed by atoms with Gasteiger partial charge in [-0.3, -0.25) is 0 Å². The fraction of sp³-hybridized carbons (Fsp3) is 0.750. The largest absolute Gasteiger partial charge is 0.494 e. The predicted molar refractivity (Wildman–Crippen MR) is 182 cm³/mol. The van der Waals surface area contributed by atoms with Crippen LogP contribution in [0.5, 0.6) is 5.75 Å². The van der Waals surface area contributed by atoms with Crippen molar-refractivity contribution >= 4 is 28.6 Å². The van der Waals surface area contributed by atoms with Crippen molar-refractivity contribution in [3.05, 3.63) is 39.5 Å². The van der Waals surface area contributed by atoms with Gasteiger partial charge in [0.25, 0.3) is 0 Å². The average Bonchev–Trinajstić information content (AvgIpc) is 3.35. The van der Waals surface area contributed by atoms with Gasteiger partial charge >= 0.3 is 5.97 Å². The monoisotopic (exact) mass is 734 g/mol. The Morgan fingerprint density at radius 1 is 0.889 bits per heavy atom. The molecule has 0 amide bonds. The molecule has 1 aromatic carbocycles. The van der Waals surface area contributed by atoms with E-state index < -0.39 is 6.10 Å². The summed E-state index contributed by atoms with van der Waals surface area (Å²) in [7, 11) is 0. The minimum absolute atomic E-state index is 0.0545. The molecule has 0 saturated carbocycles. The number of esters is 1. The van der Waals surface area contributed by atoms with Crippen molar-refractivity contribution in [1.82, 2.24) is 0 Å². The Morgan fingerprint density at radius 2 is 1.56 bits per heavy atom. The lowest BCUT2D eigenvalue weighted by atomic mass is 9.96. The van der Waals surface area contributed by atoms with E-state index in [1.54, 1.807) is 0 Å². The van der Waals surface area contributed by atoms with E-state index in [1.807, 2.05) is 25.1 Å². The number of hydrogen-bond donors (Lipinski definition) is 1. The van der Waals surface area contributed by atoms with Crippen molar-refractivity contribution in [2.45, 2.75) is 165 Å². The first-order valence-corrected chi connectivity index (χ1v) is 18.7. The second-order valence-corrected chi connectivity index (χ2v) is 14.7. The Morgan fingerprint density at radius 3 is 2.27 bits per heavy atom. The molecule has 4 aliphatic heterocycles. The van der Waals surface area contributed by atoms with Gasteiger partial charge < -0.3 is 24.1 Å². The first kappa shape index (κ1) is 34.8. The van der Waals surface area contributed by atoms with Crippen LogP contribution in [-0.2, 0) is 19.0 Å². The predicted octanol–water partition coefficient (Wildman–Crippen LogP) is 8.62. The molecule has 6 atom stereocenters. The molecular formula is C36H53IN2O6. The summed E-state index contributed by atoms with van der Waals surface area (Å²) in [5.41, 5.74) is 0.546. The first-order chi connectivity index (χ1) is 21.9. The fourth-order valence-corrected chi connectivity index (χ4v) is 7.45. The second kappa shape index (κ2) is 17.6. The number of carbonyl (C=O) groups excluding carboxylic acids is 1. The lowest BCUT2D eigenvalue weighted by Crippen LogP contribution is -2.34. The number of halogens is 1. The molecule has 8 nitrogen and oxygen atoms in total. The van der Waals surface area contributed by atoms with Gasteiger partial charge in [-0.1, -0.05) is 44.9 Å². The van der Waals surface area contributed by atoms with Crippen molar-refractivity contribution in [3.8, 4) is 5.75 Å². The molecule has 1 aromatic rings. The van der Waals surface area contributed by atoms with Crippen LogP contribution in [0.25, 0.3) is 0 Å². The van der Waals surface area contributed by atoms with Gasteiger partial charge in [-0.15, -0.1) is 0 Å². The van der Waals surface area contributed by atoms with Gasteiger partial charge in [0.05, 0.1) is 31.0 Å². The molecular weight excluding hydrogens is 681 g/mol. The molecule has 0 aliphatic carbocycles. The summed E-state index contributed by atoms with van der Waals surface area (Å²) in [4.78, 5) is 11.7. The molecule has 0 aromatic heterocycles. The highest BCUT2D eigenvalue weighted by Gasteiger charge is 2.53. The number of aliphatic hydroxyl groups is 1. The zero-order valence-electron chi connectivity index (χ0n) is 27.0.